The van der Waals surface area contributed by atoms with Gasteiger partial charge in [-0.25, -0.2) is 0 Å². The van der Waals surface area contributed by atoms with Crippen LogP contribution in [0.1, 0.15) is 0 Å². The van der Waals surface area contributed by atoms with Gasteiger partial charge in [-0.05, 0) is 72.8 Å². The molecule has 0 fully saturated rings. The Morgan fingerprint density at radius 1 is 0.372 bits per heavy atom. The van der Waals surface area contributed by atoms with Crippen LogP contribution in [-0.2, 0) is 17.1 Å². The summed E-state index contributed by atoms with van der Waals surface area (Å²) in [6.45, 7) is 0. The average Bonchev–Trinajstić information content (AvgIpc) is 3.05. The van der Waals surface area contributed by atoms with E-state index in [1.54, 1.807) is 0 Å². The van der Waals surface area contributed by atoms with Gasteiger partial charge in [0.1, 0.15) is 31.8 Å². The summed E-state index contributed by atoms with van der Waals surface area (Å²) in [6.07, 6.45) is 0. The fraction of sp³-hybridized carbons (Fsp3) is 0. The maximum atomic E-state index is 8.36. The number of hydrogen-bond donors (Lipinski definition) is 1. The monoisotopic (exact) mass is 652 g/mol. The first kappa shape index (κ1) is 33.4. The third-order valence-corrected chi connectivity index (χ3v) is 11.8. The molecule has 6 aromatic rings. The smallest absolute Gasteiger partial charge is 0.291 e. The minimum absolute atomic E-state index is 0. The van der Waals surface area contributed by atoms with Gasteiger partial charge in [-0.3, -0.25) is 0 Å². The van der Waals surface area contributed by atoms with E-state index >= 15 is 0 Å². The first-order valence-corrected chi connectivity index (χ1v) is 16.5. The Labute approximate surface area is 266 Å². The van der Waals surface area contributed by atoms with Crippen molar-refractivity contribution >= 4 is 47.7 Å². The molecule has 0 unspecified atom stereocenters. The van der Waals surface area contributed by atoms with Crippen LogP contribution in [-0.4, -0.2) is 10.3 Å². The zero-order chi connectivity index (χ0) is 29.4. The quantitative estimate of drug-likeness (QED) is 0.104. The Balaban J connectivity index is 0.000000206. The maximum absolute atomic E-state index is 8.36. The molecular weight excluding hydrogens is 620 g/mol. The Morgan fingerprint density at radius 2 is 0.488 bits per heavy atom. The van der Waals surface area contributed by atoms with E-state index in [4.69, 9.17) is 15.3 Å². The van der Waals surface area contributed by atoms with E-state index in [0.717, 1.165) is 0 Å². The normalized spacial score (nSPS) is 9.91. The van der Waals surface area contributed by atoms with E-state index in [2.05, 4.69) is 182 Å². The van der Waals surface area contributed by atoms with Crippen LogP contribution in [0.5, 0.6) is 0 Å². The number of hydrogen-bond acceptors (Lipinski definition) is 2. The molecule has 6 aromatic carbocycles. The standard InChI is InChI=1S/2C18H15P.Cu.HNO3/c2*1-4-10-16(11-5-1)19(17-12-6-2-7-13-17)18-14-8-3-9-15-18;;2-1(3)4/h2*1-15H;;(H,2,3,4)/p+2. The molecule has 1 radical (unpaired) electrons. The van der Waals surface area contributed by atoms with Gasteiger partial charge in [0.2, 0.25) is 0 Å². The van der Waals surface area contributed by atoms with Crippen LogP contribution in [0.2, 0.25) is 0 Å². The third-order valence-electron chi connectivity index (χ3n) is 6.37. The van der Waals surface area contributed by atoms with Crippen molar-refractivity contribution < 1.29 is 27.4 Å². The minimum Gasteiger partial charge on any atom is -0.328 e. The molecule has 7 heteroatoms. The van der Waals surface area contributed by atoms with Crippen molar-refractivity contribution in [2.45, 2.75) is 0 Å². The molecule has 0 spiro atoms. The zero-order valence-electron chi connectivity index (χ0n) is 23.3. The maximum Gasteiger partial charge on any atom is 0.291 e. The molecule has 1 N–H and O–H groups in total. The van der Waals surface area contributed by atoms with Crippen molar-refractivity contribution in [3.63, 3.8) is 0 Å². The molecular formula is C36H33CuNO3P2+2. The van der Waals surface area contributed by atoms with E-state index in [0.29, 0.717) is 0 Å². The summed E-state index contributed by atoms with van der Waals surface area (Å²) in [4.78, 5) is 8.36. The molecule has 43 heavy (non-hydrogen) atoms. The van der Waals surface area contributed by atoms with Crippen molar-refractivity contribution in [2.75, 3.05) is 0 Å². The van der Waals surface area contributed by atoms with E-state index in [1.165, 1.54) is 31.8 Å². The van der Waals surface area contributed by atoms with E-state index in [1.807, 2.05) is 0 Å². The number of rotatable bonds is 6. The second-order valence-corrected chi connectivity index (χ2v) is 14.1. The predicted molar refractivity (Wildman–Crippen MR) is 182 cm³/mol. The molecule has 0 atom stereocenters. The van der Waals surface area contributed by atoms with Crippen LogP contribution in [0.15, 0.2) is 182 Å². The molecule has 0 bridgehead atoms. The van der Waals surface area contributed by atoms with Crippen molar-refractivity contribution in [2.24, 2.45) is 0 Å². The third kappa shape index (κ3) is 10.6. The van der Waals surface area contributed by atoms with Gasteiger partial charge in [0.25, 0.3) is 5.09 Å². The molecule has 0 aliphatic rings. The van der Waals surface area contributed by atoms with Crippen LogP contribution in [0.4, 0.5) is 0 Å². The van der Waals surface area contributed by atoms with E-state index in [9.17, 15) is 0 Å². The summed E-state index contributed by atoms with van der Waals surface area (Å²) >= 11 is 0. The van der Waals surface area contributed by atoms with Gasteiger partial charge >= 0.3 is 0 Å². The second kappa shape index (κ2) is 18.4. The Morgan fingerprint density at radius 3 is 0.605 bits per heavy atom. The summed E-state index contributed by atoms with van der Waals surface area (Å²) < 4.78 is 0. The molecule has 0 amide bonds. The van der Waals surface area contributed by atoms with Crippen LogP contribution in [0, 0.1) is 10.1 Å². The van der Waals surface area contributed by atoms with Gasteiger partial charge in [0.15, 0.2) is 0 Å². The SMILES string of the molecule is O=[N+]([O-])O.[Cu].c1ccc([PH+](c2ccccc2)c2ccccc2)cc1.c1ccc([PH+](c2ccccc2)c2ccccc2)cc1. The molecule has 0 saturated heterocycles. The predicted octanol–water partition coefficient (Wildman–Crippen LogP) is 6.00. The summed E-state index contributed by atoms with van der Waals surface area (Å²) in [5.41, 5.74) is 0. The molecule has 0 saturated carbocycles. The first-order valence-electron chi connectivity index (χ1n) is 13.5. The summed E-state index contributed by atoms with van der Waals surface area (Å²) in [6, 6.07) is 65.0. The molecule has 219 valence electrons. The Hall–Kier alpha value is -4.10. The fourth-order valence-corrected chi connectivity index (χ4v) is 9.78. The molecule has 4 nitrogen and oxygen atoms in total. The second-order valence-electron chi connectivity index (χ2n) is 9.18. The van der Waals surface area contributed by atoms with Crippen LogP contribution >= 0.6 is 15.8 Å². The van der Waals surface area contributed by atoms with Gasteiger partial charge in [0, 0.05) is 17.1 Å². The molecule has 0 aliphatic carbocycles. The summed E-state index contributed by atoms with van der Waals surface area (Å²) in [5.74, 6) is 0. The molecule has 0 heterocycles. The minimum atomic E-state index is -1.50. The van der Waals surface area contributed by atoms with E-state index < -0.39 is 20.9 Å². The topological polar surface area (TPSA) is 63.4 Å². The molecule has 6 rings (SSSR count). The Bertz CT molecular complexity index is 1290. The van der Waals surface area contributed by atoms with Gasteiger partial charge < -0.3 is 5.21 Å². The largest absolute Gasteiger partial charge is 0.328 e. The van der Waals surface area contributed by atoms with Crippen molar-refractivity contribution in [3.8, 4) is 0 Å². The van der Waals surface area contributed by atoms with E-state index in [-0.39, 0.29) is 17.1 Å². The van der Waals surface area contributed by atoms with Gasteiger partial charge in [0.05, 0.1) is 15.8 Å². The summed E-state index contributed by atoms with van der Waals surface area (Å²) in [5, 5.41) is 22.2. The Kier molecular flexibility index (Phi) is 14.3. The van der Waals surface area contributed by atoms with Gasteiger partial charge in [-0.1, -0.05) is 109 Å². The zero-order valence-corrected chi connectivity index (χ0v) is 26.3. The number of benzene rings is 6. The van der Waals surface area contributed by atoms with Crippen molar-refractivity contribution in [1.82, 2.24) is 0 Å². The van der Waals surface area contributed by atoms with Crippen LogP contribution < -0.4 is 31.8 Å². The van der Waals surface area contributed by atoms with Crippen molar-refractivity contribution in [1.29, 1.82) is 0 Å². The van der Waals surface area contributed by atoms with Gasteiger partial charge in [-0.2, -0.15) is 0 Å². The first-order chi connectivity index (χ1) is 20.6. The molecule has 0 aliphatic heterocycles. The van der Waals surface area contributed by atoms with Crippen molar-refractivity contribution in [3.05, 3.63) is 192 Å². The summed E-state index contributed by atoms with van der Waals surface area (Å²) in [7, 11) is -1.75. The number of nitrogens with zero attached hydrogens (tertiary/aromatic N) is 1. The average molecular weight is 653 g/mol. The molecule has 0 aromatic heterocycles. The van der Waals surface area contributed by atoms with Gasteiger partial charge in [-0.15, -0.1) is 10.1 Å². The van der Waals surface area contributed by atoms with Crippen LogP contribution in [0.3, 0.4) is 0 Å². The van der Waals surface area contributed by atoms with Crippen LogP contribution in [0.25, 0.3) is 0 Å². The fourth-order valence-electron chi connectivity index (χ4n) is 4.63.